The Bertz CT molecular complexity index is 443. The molecule has 1 aromatic carbocycles. The molecule has 14 heavy (non-hydrogen) atoms. The maximum Gasteiger partial charge on any atom is 0.175 e. The van der Waals surface area contributed by atoms with E-state index in [2.05, 4.69) is 13.8 Å². The van der Waals surface area contributed by atoms with Gasteiger partial charge in [-0.1, -0.05) is 19.9 Å². The molecule has 2 nitrogen and oxygen atoms in total. The lowest BCUT2D eigenvalue weighted by molar-refractivity contribution is 0.464. The molecule has 0 bridgehead atoms. The molecule has 2 heteroatoms. The van der Waals surface area contributed by atoms with E-state index in [1.807, 2.05) is 12.1 Å². The van der Waals surface area contributed by atoms with Crippen LogP contribution in [0.25, 0.3) is 11.0 Å². The number of aromatic hydroxyl groups is 1. The Kier molecular flexibility index (Phi) is 2.20. The van der Waals surface area contributed by atoms with E-state index in [0.29, 0.717) is 11.5 Å². The van der Waals surface area contributed by atoms with Crippen molar-refractivity contribution in [2.24, 2.45) is 0 Å². The zero-order valence-corrected chi connectivity index (χ0v) is 8.45. The van der Waals surface area contributed by atoms with Gasteiger partial charge in [0.1, 0.15) is 0 Å². The van der Waals surface area contributed by atoms with E-state index in [9.17, 15) is 5.11 Å². The average molecular weight is 190 g/mol. The normalized spacial score (nSPS) is 13.3. The van der Waals surface area contributed by atoms with Gasteiger partial charge >= 0.3 is 0 Å². The smallest absolute Gasteiger partial charge is 0.175 e. The highest BCUT2D eigenvalue weighted by Gasteiger charge is 2.11. The molecule has 1 heterocycles. The summed E-state index contributed by atoms with van der Waals surface area (Å²) in [6, 6.07) is 5.59. The SMILES string of the molecule is CCC(C)c1ccc(O)c2occc12. The molecule has 2 aromatic rings. The first-order valence-electron chi connectivity index (χ1n) is 4.93. The zero-order chi connectivity index (χ0) is 10.1. The van der Waals surface area contributed by atoms with Crippen molar-refractivity contribution >= 4 is 11.0 Å². The van der Waals surface area contributed by atoms with E-state index in [4.69, 9.17) is 4.42 Å². The van der Waals surface area contributed by atoms with Crippen LogP contribution in [0.5, 0.6) is 5.75 Å². The summed E-state index contributed by atoms with van der Waals surface area (Å²) < 4.78 is 5.23. The molecule has 0 aliphatic rings. The highest BCUT2D eigenvalue weighted by Crippen LogP contribution is 2.33. The number of phenolic OH excluding ortho intramolecular Hbond substituents is 1. The summed E-state index contributed by atoms with van der Waals surface area (Å²) in [6.45, 7) is 4.34. The number of furan rings is 1. The lowest BCUT2D eigenvalue weighted by Gasteiger charge is -2.10. The first-order chi connectivity index (χ1) is 6.74. The average Bonchev–Trinajstić information content (AvgIpc) is 2.67. The predicted octanol–water partition coefficient (Wildman–Crippen LogP) is 3.65. The number of hydrogen-bond acceptors (Lipinski definition) is 2. The molecule has 0 aliphatic heterocycles. The van der Waals surface area contributed by atoms with Gasteiger partial charge in [0, 0.05) is 5.39 Å². The van der Waals surface area contributed by atoms with E-state index < -0.39 is 0 Å². The summed E-state index contributed by atoms with van der Waals surface area (Å²) in [7, 11) is 0. The van der Waals surface area contributed by atoms with Gasteiger partial charge in [0.05, 0.1) is 6.26 Å². The van der Waals surface area contributed by atoms with Crippen LogP contribution in [-0.4, -0.2) is 5.11 Å². The highest BCUT2D eigenvalue weighted by atomic mass is 16.3. The Balaban J connectivity index is 2.66. The van der Waals surface area contributed by atoms with Gasteiger partial charge < -0.3 is 9.52 Å². The maximum atomic E-state index is 9.55. The van der Waals surface area contributed by atoms with Crippen LogP contribution in [0.4, 0.5) is 0 Å². The molecule has 0 spiro atoms. The van der Waals surface area contributed by atoms with Gasteiger partial charge in [-0.05, 0) is 30.0 Å². The van der Waals surface area contributed by atoms with Crippen LogP contribution in [-0.2, 0) is 0 Å². The molecule has 1 unspecified atom stereocenters. The van der Waals surface area contributed by atoms with Crippen LogP contribution >= 0.6 is 0 Å². The molecule has 0 fully saturated rings. The molecule has 0 radical (unpaired) electrons. The van der Waals surface area contributed by atoms with E-state index in [0.717, 1.165) is 11.8 Å². The van der Waals surface area contributed by atoms with Gasteiger partial charge in [-0.3, -0.25) is 0 Å². The third-order valence-electron chi connectivity index (χ3n) is 2.77. The molecule has 74 valence electrons. The van der Waals surface area contributed by atoms with Crippen molar-refractivity contribution in [3.8, 4) is 5.75 Å². The Hall–Kier alpha value is -1.44. The third kappa shape index (κ3) is 1.27. The summed E-state index contributed by atoms with van der Waals surface area (Å²) in [5, 5.41) is 10.6. The Morgan fingerprint density at radius 3 is 2.86 bits per heavy atom. The number of rotatable bonds is 2. The van der Waals surface area contributed by atoms with Crippen LogP contribution in [0.15, 0.2) is 28.9 Å². The van der Waals surface area contributed by atoms with Crippen LogP contribution in [0.3, 0.4) is 0 Å². The first-order valence-corrected chi connectivity index (χ1v) is 4.93. The standard InChI is InChI=1S/C12H14O2/c1-3-8(2)9-4-5-11(13)12-10(9)6-7-14-12/h4-8,13H,3H2,1-2H3. The van der Waals surface area contributed by atoms with Gasteiger partial charge in [-0.2, -0.15) is 0 Å². The predicted molar refractivity (Wildman–Crippen MR) is 56.6 cm³/mol. The molecule has 0 saturated heterocycles. The highest BCUT2D eigenvalue weighted by molar-refractivity contribution is 5.86. The quantitative estimate of drug-likeness (QED) is 0.784. The van der Waals surface area contributed by atoms with Crippen molar-refractivity contribution in [1.82, 2.24) is 0 Å². The fraction of sp³-hybridized carbons (Fsp3) is 0.333. The molecular formula is C12H14O2. The molecule has 1 aromatic heterocycles. The monoisotopic (exact) mass is 190 g/mol. The van der Waals surface area contributed by atoms with Crippen molar-refractivity contribution < 1.29 is 9.52 Å². The number of hydrogen-bond donors (Lipinski definition) is 1. The second-order valence-corrected chi connectivity index (χ2v) is 3.65. The lowest BCUT2D eigenvalue weighted by Crippen LogP contribution is -1.91. The molecular weight excluding hydrogens is 176 g/mol. The second-order valence-electron chi connectivity index (χ2n) is 3.65. The lowest BCUT2D eigenvalue weighted by atomic mass is 9.95. The summed E-state index contributed by atoms with van der Waals surface area (Å²) in [5.74, 6) is 0.716. The van der Waals surface area contributed by atoms with Gasteiger partial charge in [-0.25, -0.2) is 0 Å². The number of phenols is 1. The third-order valence-corrected chi connectivity index (χ3v) is 2.77. The van der Waals surface area contributed by atoms with E-state index in [-0.39, 0.29) is 5.75 Å². The van der Waals surface area contributed by atoms with E-state index in [1.54, 1.807) is 12.3 Å². The Morgan fingerprint density at radius 2 is 2.14 bits per heavy atom. The second kappa shape index (κ2) is 3.37. The Labute approximate surface area is 83.2 Å². The van der Waals surface area contributed by atoms with Gasteiger partial charge in [0.25, 0.3) is 0 Å². The minimum absolute atomic E-state index is 0.219. The minimum Gasteiger partial charge on any atom is -0.504 e. The fourth-order valence-electron chi connectivity index (χ4n) is 1.72. The van der Waals surface area contributed by atoms with Crippen molar-refractivity contribution in [3.63, 3.8) is 0 Å². The number of fused-ring (bicyclic) bond motifs is 1. The molecule has 1 N–H and O–H groups in total. The largest absolute Gasteiger partial charge is 0.504 e. The van der Waals surface area contributed by atoms with Gasteiger partial charge in [-0.15, -0.1) is 0 Å². The van der Waals surface area contributed by atoms with Gasteiger partial charge in [0.2, 0.25) is 0 Å². The van der Waals surface area contributed by atoms with Crippen LogP contribution in [0.2, 0.25) is 0 Å². The molecule has 0 aliphatic carbocycles. The molecule has 1 atom stereocenters. The first kappa shape index (κ1) is 9.13. The van der Waals surface area contributed by atoms with Gasteiger partial charge in [0.15, 0.2) is 11.3 Å². The van der Waals surface area contributed by atoms with Crippen molar-refractivity contribution in [3.05, 3.63) is 30.0 Å². The van der Waals surface area contributed by atoms with E-state index >= 15 is 0 Å². The van der Waals surface area contributed by atoms with Crippen LogP contribution in [0.1, 0.15) is 31.7 Å². The van der Waals surface area contributed by atoms with Crippen molar-refractivity contribution in [2.75, 3.05) is 0 Å². The summed E-state index contributed by atoms with van der Waals surface area (Å²) >= 11 is 0. The van der Waals surface area contributed by atoms with Crippen LogP contribution in [0, 0.1) is 0 Å². The molecule has 0 saturated carbocycles. The Morgan fingerprint density at radius 1 is 1.36 bits per heavy atom. The summed E-state index contributed by atoms with van der Waals surface area (Å²) in [6.07, 6.45) is 2.71. The topological polar surface area (TPSA) is 33.4 Å². The van der Waals surface area contributed by atoms with E-state index in [1.165, 1.54) is 5.56 Å². The van der Waals surface area contributed by atoms with Crippen molar-refractivity contribution in [1.29, 1.82) is 0 Å². The summed E-state index contributed by atoms with van der Waals surface area (Å²) in [4.78, 5) is 0. The van der Waals surface area contributed by atoms with Crippen LogP contribution < -0.4 is 0 Å². The number of benzene rings is 1. The summed E-state index contributed by atoms with van der Waals surface area (Å²) in [5.41, 5.74) is 1.84. The zero-order valence-electron chi connectivity index (χ0n) is 8.45. The maximum absolute atomic E-state index is 9.55. The van der Waals surface area contributed by atoms with Crippen molar-refractivity contribution in [2.45, 2.75) is 26.2 Å². The minimum atomic E-state index is 0.219. The molecule has 0 amide bonds. The fourth-order valence-corrected chi connectivity index (χ4v) is 1.72. The molecule has 2 rings (SSSR count).